The molecule has 1 N–H and O–H groups in total. The van der Waals surface area contributed by atoms with Crippen LogP contribution in [-0.2, 0) is 0 Å². The highest BCUT2D eigenvalue weighted by atomic mass is 79.9. The average molecular weight is 286 g/mol. The highest BCUT2D eigenvalue weighted by molar-refractivity contribution is 9.10. The maximum atomic E-state index is 9.97. The number of thiazole rings is 1. The van der Waals surface area contributed by atoms with Crippen molar-refractivity contribution in [3.63, 3.8) is 0 Å². The molecule has 0 saturated heterocycles. The summed E-state index contributed by atoms with van der Waals surface area (Å²) >= 11 is 4.63. The molecule has 0 radical (unpaired) electrons. The summed E-state index contributed by atoms with van der Waals surface area (Å²) in [6.07, 6.45) is 0.854. The van der Waals surface area contributed by atoms with Crippen LogP contribution in [0.15, 0.2) is 22.2 Å². The van der Waals surface area contributed by atoms with Gasteiger partial charge in [0.1, 0.15) is 21.5 Å². The molecule has 6 heteroatoms. The number of aryl methyl sites for hydroxylation is 1. The molecule has 2 aromatic rings. The first kappa shape index (κ1) is 10.7. The van der Waals surface area contributed by atoms with Crippen LogP contribution in [0.1, 0.15) is 22.6 Å². The summed E-state index contributed by atoms with van der Waals surface area (Å²) in [5, 5.41) is 12.4. The molecule has 0 aromatic carbocycles. The first-order chi connectivity index (χ1) is 7.16. The van der Waals surface area contributed by atoms with Crippen LogP contribution < -0.4 is 0 Å². The molecule has 78 valence electrons. The molecule has 1 atom stereocenters. The second-order valence-electron chi connectivity index (χ2n) is 2.94. The number of halogens is 1. The smallest absolute Gasteiger partial charge is 0.147 e. The molecule has 2 aromatic heterocycles. The van der Waals surface area contributed by atoms with Gasteiger partial charge in [0, 0.05) is 11.6 Å². The van der Waals surface area contributed by atoms with Crippen LogP contribution in [0.2, 0.25) is 0 Å². The van der Waals surface area contributed by atoms with Gasteiger partial charge in [-0.05, 0) is 28.9 Å². The minimum Gasteiger partial charge on any atom is -0.380 e. The largest absolute Gasteiger partial charge is 0.380 e. The summed E-state index contributed by atoms with van der Waals surface area (Å²) in [5.74, 6) is 0.641. The van der Waals surface area contributed by atoms with Gasteiger partial charge in [-0.3, -0.25) is 0 Å². The molecule has 0 spiro atoms. The molecule has 0 fully saturated rings. The molecular formula is C9H8BrN3OS. The SMILES string of the molecule is Cc1nccc(C(O)c2nc(Br)cs2)n1. The molecule has 0 bridgehead atoms. The molecular weight excluding hydrogens is 278 g/mol. The van der Waals surface area contributed by atoms with Crippen molar-refractivity contribution in [3.8, 4) is 0 Å². The topological polar surface area (TPSA) is 58.9 Å². The van der Waals surface area contributed by atoms with Gasteiger partial charge in [-0.2, -0.15) is 0 Å². The maximum absolute atomic E-state index is 9.97. The fraction of sp³-hybridized carbons (Fsp3) is 0.222. The van der Waals surface area contributed by atoms with Crippen molar-refractivity contribution in [2.24, 2.45) is 0 Å². The highest BCUT2D eigenvalue weighted by Gasteiger charge is 2.15. The fourth-order valence-corrected chi connectivity index (χ4v) is 2.41. The van der Waals surface area contributed by atoms with E-state index in [9.17, 15) is 5.11 Å². The van der Waals surface area contributed by atoms with E-state index in [1.54, 1.807) is 19.2 Å². The molecule has 0 amide bonds. The molecule has 2 rings (SSSR count). The number of hydrogen-bond donors (Lipinski definition) is 1. The predicted octanol–water partition coefficient (Wildman–Crippen LogP) is 2.09. The Kier molecular flexibility index (Phi) is 3.08. The molecule has 15 heavy (non-hydrogen) atoms. The zero-order valence-electron chi connectivity index (χ0n) is 7.88. The summed E-state index contributed by atoms with van der Waals surface area (Å²) in [6, 6.07) is 1.69. The number of aliphatic hydroxyl groups is 1. The first-order valence-electron chi connectivity index (χ1n) is 4.25. The van der Waals surface area contributed by atoms with Gasteiger partial charge in [-0.15, -0.1) is 11.3 Å². The van der Waals surface area contributed by atoms with Gasteiger partial charge in [-0.1, -0.05) is 0 Å². The van der Waals surface area contributed by atoms with Crippen molar-refractivity contribution in [3.05, 3.63) is 38.8 Å². The first-order valence-corrected chi connectivity index (χ1v) is 5.92. The summed E-state index contributed by atoms with van der Waals surface area (Å²) in [5.41, 5.74) is 0.573. The Bertz CT molecular complexity index is 474. The molecule has 0 aliphatic rings. The third-order valence-electron chi connectivity index (χ3n) is 1.81. The normalized spacial score (nSPS) is 12.7. The van der Waals surface area contributed by atoms with E-state index in [0.717, 1.165) is 4.60 Å². The molecule has 1 unspecified atom stereocenters. The van der Waals surface area contributed by atoms with Gasteiger partial charge in [0.2, 0.25) is 0 Å². The van der Waals surface area contributed by atoms with Crippen molar-refractivity contribution >= 4 is 27.3 Å². The minimum atomic E-state index is -0.775. The standard InChI is InChI=1S/C9H8BrN3OS/c1-5-11-3-2-6(12-5)8(14)9-13-7(10)4-15-9/h2-4,8,14H,1H3. The second-order valence-corrected chi connectivity index (χ2v) is 4.64. The number of nitrogens with zero attached hydrogens (tertiary/aromatic N) is 3. The van der Waals surface area contributed by atoms with Gasteiger partial charge >= 0.3 is 0 Å². The van der Waals surface area contributed by atoms with Crippen molar-refractivity contribution in [2.75, 3.05) is 0 Å². The van der Waals surface area contributed by atoms with E-state index in [-0.39, 0.29) is 0 Å². The molecule has 0 aliphatic carbocycles. The number of hydrogen-bond acceptors (Lipinski definition) is 5. The Morgan fingerprint density at radius 3 is 2.87 bits per heavy atom. The Balaban J connectivity index is 2.32. The van der Waals surface area contributed by atoms with E-state index in [0.29, 0.717) is 16.5 Å². The number of rotatable bonds is 2. The van der Waals surface area contributed by atoms with Crippen LogP contribution in [0, 0.1) is 6.92 Å². The van der Waals surface area contributed by atoms with E-state index >= 15 is 0 Å². The van der Waals surface area contributed by atoms with Crippen LogP contribution in [-0.4, -0.2) is 20.1 Å². The quantitative estimate of drug-likeness (QED) is 0.918. The van der Waals surface area contributed by atoms with Crippen molar-refractivity contribution in [1.29, 1.82) is 0 Å². The predicted molar refractivity (Wildman–Crippen MR) is 60.6 cm³/mol. The summed E-state index contributed by atoms with van der Waals surface area (Å²) in [6.45, 7) is 1.79. The monoisotopic (exact) mass is 285 g/mol. The Morgan fingerprint density at radius 2 is 2.27 bits per heavy atom. The van der Waals surface area contributed by atoms with E-state index in [1.165, 1.54) is 11.3 Å². The lowest BCUT2D eigenvalue weighted by Crippen LogP contribution is -2.03. The maximum Gasteiger partial charge on any atom is 0.147 e. The number of aromatic nitrogens is 3. The van der Waals surface area contributed by atoms with E-state index in [2.05, 4.69) is 30.9 Å². The Labute approximate surface area is 99.2 Å². The lowest BCUT2D eigenvalue weighted by molar-refractivity contribution is 0.214. The van der Waals surface area contributed by atoms with Crippen LogP contribution in [0.4, 0.5) is 0 Å². The van der Waals surface area contributed by atoms with Crippen LogP contribution >= 0.6 is 27.3 Å². The molecule has 4 nitrogen and oxygen atoms in total. The zero-order valence-corrected chi connectivity index (χ0v) is 10.3. The minimum absolute atomic E-state index is 0.573. The van der Waals surface area contributed by atoms with Gasteiger partial charge in [0.25, 0.3) is 0 Å². The van der Waals surface area contributed by atoms with Crippen molar-refractivity contribution < 1.29 is 5.11 Å². The van der Waals surface area contributed by atoms with Crippen LogP contribution in [0.25, 0.3) is 0 Å². The van der Waals surface area contributed by atoms with Crippen LogP contribution in [0.5, 0.6) is 0 Å². The zero-order chi connectivity index (χ0) is 10.8. The third-order valence-corrected chi connectivity index (χ3v) is 3.41. The highest BCUT2D eigenvalue weighted by Crippen LogP contribution is 2.25. The van der Waals surface area contributed by atoms with Gasteiger partial charge in [0.05, 0.1) is 5.69 Å². The number of aliphatic hydroxyl groups excluding tert-OH is 1. The van der Waals surface area contributed by atoms with Crippen LogP contribution in [0.3, 0.4) is 0 Å². The van der Waals surface area contributed by atoms with Crippen molar-refractivity contribution in [2.45, 2.75) is 13.0 Å². The lowest BCUT2D eigenvalue weighted by atomic mass is 10.2. The molecule has 0 saturated carbocycles. The second kappa shape index (κ2) is 4.34. The Hall–Kier alpha value is -0.850. The fourth-order valence-electron chi connectivity index (χ4n) is 1.15. The van der Waals surface area contributed by atoms with Gasteiger partial charge in [-0.25, -0.2) is 15.0 Å². The lowest BCUT2D eigenvalue weighted by Gasteiger charge is -2.06. The van der Waals surface area contributed by atoms with E-state index in [4.69, 9.17) is 0 Å². The van der Waals surface area contributed by atoms with Gasteiger partial charge < -0.3 is 5.11 Å². The summed E-state index contributed by atoms with van der Waals surface area (Å²) in [4.78, 5) is 12.3. The van der Waals surface area contributed by atoms with Crippen molar-refractivity contribution in [1.82, 2.24) is 15.0 Å². The Morgan fingerprint density at radius 1 is 1.47 bits per heavy atom. The molecule has 0 aliphatic heterocycles. The third kappa shape index (κ3) is 2.39. The van der Waals surface area contributed by atoms with E-state index in [1.807, 2.05) is 5.38 Å². The van der Waals surface area contributed by atoms with E-state index < -0.39 is 6.10 Å². The average Bonchev–Trinajstić information content (AvgIpc) is 2.64. The summed E-state index contributed by atoms with van der Waals surface area (Å²) < 4.78 is 0.729. The molecule has 2 heterocycles. The van der Waals surface area contributed by atoms with Gasteiger partial charge in [0.15, 0.2) is 0 Å². The summed E-state index contributed by atoms with van der Waals surface area (Å²) in [7, 11) is 0.